The maximum atomic E-state index is 12.5. The summed E-state index contributed by atoms with van der Waals surface area (Å²) in [5, 5.41) is 18.0. The molecule has 0 spiro atoms. The van der Waals surface area contributed by atoms with Crippen molar-refractivity contribution in [3.8, 4) is 11.5 Å². The maximum absolute atomic E-state index is 12.5. The molecule has 0 fully saturated rings. The molecule has 3 rings (SSSR count). The molecule has 2 aromatic heterocycles. The van der Waals surface area contributed by atoms with Crippen LogP contribution >= 0.6 is 0 Å². The standard InChI is InChI=1S/C18H17N5O4/c1-3-22-12(2)17(11-20-22)18(24)21-13-7-14(23(25)26)9-16(8-13)27-15-5-4-6-19-10-15/h4-11H,3H2,1-2H3,(H,21,24). The van der Waals surface area contributed by atoms with Gasteiger partial charge in [-0.3, -0.25) is 24.6 Å². The Balaban J connectivity index is 1.88. The second kappa shape index (κ2) is 7.65. The summed E-state index contributed by atoms with van der Waals surface area (Å²) in [6.45, 7) is 4.35. The van der Waals surface area contributed by atoms with Crippen LogP contribution in [-0.2, 0) is 6.54 Å². The average molecular weight is 367 g/mol. The molecule has 3 aromatic rings. The summed E-state index contributed by atoms with van der Waals surface area (Å²) in [7, 11) is 0. The van der Waals surface area contributed by atoms with Gasteiger partial charge in [0.05, 0.1) is 34.6 Å². The van der Waals surface area contributed by atoms with Crippen LogP contribution in [0.15, 0.2) is 48.9 Å². The second-order valence-corrected chi connectivity index (χ2v) is 5.68. The molecule has 1 N–H and O–H groups in total. The molecule has 27 heavy (non-hydrogen) atoms. The van der Waals surface area contributed by atoms with Crippen molar-refractivity contribution in [1.82, 2.24) is 14.8 Å². The van der Waals surface area contributed by atoms with Gasteiger partial charge in [0, 0.05) is 30.6 Å². The fourth-order valence-corrected chi connectivity index (χ4v) is 2.55. The highest BCUT2D eigenvalue weighted by molar-refractivity contribution is 6.05. The van der Waals surface area contributed by atoms with Crippen LogP contribution in [0.25, 0.3) is 0 Å². The van der Waals surface area contributed by atoms with Crippen LogP contribution in [0.4, 0.5) is 11.4 Å². The summed E-state index contributed by atoms with van der Waals surface area (Å²) in [4.78, 5) is 27.1. The van der Waals surface area contributed by atoms with Gasteiger partial charge in [-0.25, -0.2) is 0 Å². The molecule has 0 aliphatic carbocycles. The van der Waals surface area contributed by atoms with E-state index in [9.17, 15) is 14.9 Å². The zero-order valence-corrected chi connectivity index (χ0v) is 14.7. The van der Waals surface area contributed by atoms with Crippen LogP contribution < -0.4 is 10.1 Å². The molecule has 0 bridgehead atoms. The minimum absolute atomic E-state index is 0.201. The van der Waals surface area contributed by atoms with E-state index in [2.05, 4.69) is 15.4 Å². The number of nitrogens with zero attached hydrogens (tertiary/aromatic N) is 4. The molecule has 9 nitrogen and oxygen atoms in total. The minimum atomic E-state index is -0.549. The molecule has 0 aliphatic rings. The Labute approximate surface area is 154 Å². The van der Waals surface area contributed by atoms with E-state index in [0.29, 0.717) is 23.6 Å². The van der Waals surface area contributed by atoms with Crippen molar-refractivity contribution in [2.24, 2.45) is 0 Å². The Morgan fingerprint density at radius 2 is 2.11 bits per heavy atom. The first-order valence-corrected chi connectivity index (χ1v) is 8.19. The third-order valence-electron chi connectivity index (χ3n) is 3.88. The number of aromatic nitrogens is 3. The molecule has 138 valence electrons. The molecule has 9 heteroatoms. The zero-order valence-electron chi connectivity index (χ0n) is 14.7. The molecule has 0 saturated carbocycles. The summed E-state index contributed by atoms with van der Waals surface area (Å²) in [6, 6.07) is 7.42. The highest BCUT2D eigenvalue weighted by atomic mass is 16.6. The van der Waals surface area contributed by atoms with Crippen LogP contribution in [0.2, 0.25) is 0 Å². The molecule has 0 radical (unpaired) electrons. The molecule has 0 saturated heterocycles. The molecule has 0 atom stereocenters. The number of anilines is 1. The van der Waals surface area contributed by atoms with Gasteiger partial charge in [-0.2, -0.15) is 5.10 Å². The van der Waals surface area contributed by atoms with E-state index < -0.39 is 10.8 Å². The van der Waals surface area contributed by atoms with E-state index in [4.69, 9.17) is 4.74 Å². The highest BCUT2D eigenvalue weighted by Gasteiger charge is 2.17. The van der Waals surface area contributed by atoms with E-state index in [-0.39, 0.29) is 17.1 Å². The van der Waals surface area contributed by atoms with Gasteiger partial charge in [-0.15, -0.1) is 0 Å². The molecular weight excluding hydrogens is 350 g/mol. The molecule has 1 amide bonds. The van der Waals surface area contributed by atoms with Gasteiger partial charge in [0.2, 0.25) is 0 Å². The fourth-order valence-electron chi connectivity index (χ4n) is 2.55. The van der Waals surface area contributed by atoms with Crippen molar-refractivity contribution in [3.63, 3.8) is 0 Å². The predicted octanol–water partition coefficient (Wildman–Crippen LogP) is 3.56. The summed E-state index contributed by atoms with van der Waals surface area (Å²) in [5.74, 6) is 0.240. The van der Waals surface area contributed by atoms with Crippen molar-refractivity contribution in [1.29, 1.82) is 0 Å². The first kappa shape index (κ1) is 18.1. The van der Waals surface area contributed by atoms with Crippen LogP contribution in [0.5, 0.6) is 11.5 Å². The van der Waals surface area contributed by atoms with Gasteiger partial charge in [-0.1, -0.05) is 0 Å². The third-order valence-corrected chi connectivity index (χ3v) is 3.88. The van der Waals surface area contributed by atoms with Gasteiger partial charge < -0.3 is 10.1 Å². The van der Waals surface area contributed by atoms with Gasteiger partial charge in [0.15, 0.2) is 0 Å². The number of non-ortho nitro benzene ring substituents is 1. The van der Waals surface area contributed by atoms with Crippen molar-refractivity contribution in [2.45, 2.75) is 20.4 Å². The van der Waals surface area contributed by atoms with Crippen LogP contribution in [0.1, 0.15) is 23.0 Å². The van der Waals surface area contributed by atoms with E-state index in [1.165, 1.54) is 30.6 Å². The molecule has 0 unspecified atom stereocenters. The lowest BCUT2D eigenvalue weighted by molar-refractivity contribution is -0.384. The lowest BCUT2D eigenvalue weighted by Crippen LogP contribution is -2.13. The largest absolute Gasteiger partial charge is 0.455 e. The van der Waals surface area contributed by atoms with E-state index in [1.54, 1.807) is 29.9 Å². The molecule has 2 heterocycles. The van der Waals surface area contributed by atoms with Crippen molar-refractivity contribution in [2.75, 3.05) is 5.32 Å². The van der Waals surface area contributed by atoms with Crippen molar-refractivity contribution in [3.05, 3.63) is 70.3 Å². The lowest BCUT2D eigenvalue weighted by atomic mass is 10.2. The molecule has 1 aromatic carbocycles. The van der Waals surface area contributed by atoms with E-state index in [0.717, 1.165) is 0 Å². The first-order valence-electron chi connectivity index (χ1n) is 8.19. The molecule has 0 aliphatic heterocycles. The number of amides is 1. The predicted molar refractivity (Wildman–Crippen MR) is 98.0 cm³/mol. The van der Waals surface area contributed by atoms with Crippen molar-refractivity contribution < 1.29 is 14.5 Å². The number of hydrogen-bond donors (Lipinski definition) is 1. The fraction of sp³-hybridized carbons (Fsp3) is 0.167. The Morgan fingerprint density at radius 3 is 2.74 bits per heavy atom. The van der Waals surface area contributed by atoms with E-state index in [1.807, 2.05) is 6.92 Å². The minimum Gasteiger partial charge on any atom is -0.455 e. The Morgan fingerprint density at radius 1 is 1.30 bits per heavy atom. The SMILES string of the molecule is CCn1ncc(C(=O)Nc2cc(Oc3cccnc3)cc([N+](=O)[O-])c2)c1C. The Kier molecular flexibility index (Phi) is 5.11. The topological polar surface area (TPSA) is 112 Å². The zero-order chi connectivity index (χ0) is 19.4. The number of carbonyl (C=O) groups is 1. The number of nitro benzene ring substituents is 1. The monoisotopic (exact) mass is 367 g/mol. The number of rotatable bonds is 6. The smallest absolute Gasteiger partial charge is 0.275 e. The summed E-state index contributed by atoms with van der Waals surface area (Å²) < 4.78 is 7.30. The van der Waals surface area contributed by atoms with Crippen LogP contribution in [0, 0.1) is 17.0 Å². The Bertz CT molecular complexity index is 985. The number of pyridine rings is 1. The number of benzene rings is 1. The second-order valence-electron chi connectivity index (χ2n) is 5.68. The number of aryl methyl sites for hydroxylation is 1. The normalized spacial score (nSPS) is 10.4. The number of hydrogen-bond acceptors (Lipinski definition) is 6. The van der Waals surface area contributed by atoms with Gasteiger partial charge in [0.25, 0.3) is 11.6 Å². The summed E-state index contributed by atoms with van der Waals surface area (Å²) >= 11 is 0. The highest BCUT2D eigenvalue weighted by Crippen LogP contribution is 2.29. The summed E-state index contributed by atoms with van der Waals surface area (Å²) in [6.07, 6.45) is 4.54. The maximum Gasteiger partial charge on any atom is 0.275 e. The first-order chi connectivity index (χ1) is 13.0. The number of nitro groups is 1. The number of nitrogens with one attached hydrogen (secondary N) is 1. The van der Waals surface area contributed by atoms with Gasteiger partial charge >= 0.3 is 0 Å². The molecular formula is C18H17N5O4. The quantitative estimate of drug-likeness (QED) is 0.526. The summed E-state index contributed by atoms with van der Waals surface area (Å²) in [5.41, 5.74) is 1.16. The lowest BCUT2D eigenvalue weighted by Gasteiger charge is -2.09. The average Bonchev–Trinajstić information content (AvgIpc) is 3.03. The third kappa shape index (κ3) is 4.09. The number of carbonyl (C=O) groups excluding carboxylic acids is 1. The Hall–Kier alpha value is -3.75. The van der Waals surface area contributed by atoms with Gasteiger partial charge in [-0.05, 0) is 26.0 Å². The van der Waals surface area contributed by atoms with Crippen LogP contribution in [0.3, 0.4) is 0 Å². The number of ether oxygens (including phenoxy) is 1. The van der Waals surface area contributed by atoms with Crippen molar-refractivity contribution >= 4 is 17.3 Å². The van der Waals surface area contributed by atoms with Crippen LogP contribution in [-0.4, -0.2) is 25.6 Å². The van der Waals surface area contributed by atoms with Gasteiger partial charge in [0.1, 0.15) is 11.5 Å². The van der Waals surface area contributed by atoms with E-state index >= 15 is 0 Å².